The summed E-state index contributed by atoms with van der Waals surface area (Å²) in [4.78, 5) is 14.5. The third-order valence-corrected chi connectivity index (χ3v) is 4.75. The van der Waals surface area contributed by atoms with E-state index in [4.69, 9.17) is 10.5 Å². The number of benzene rings is 2. The summed E-state index contributed by atoms with van der Waals surface area (Å²) in [5, 5.41) is 0. The standard InChI is InChI=1S/C20H24N2O2/c1-24-19-10-6-5-9-16(19)11-12-20(23)22-13-17(18(21)14-22)15-7-3-2-4-8-15/h2-10,17-18H,11-14,21H2,1H3/t17-,18+/m0/s1. The SMILES string of the molecule is COc1ccccc1CCC(=O)N1C[C@@H](N)[C@H](c2ccccc2)C1. The molecule has 0 radical (unpaired) electrons. The molecule has 2 aromatic rings. The van der Waals surface area contributed by atoms with Crippen LogP contribution in [0.2, 0.25) is 0 Å². The first-order valence-electron chi connectivity index (χ1n) is 8.39. The van der Waals surface area contributed by atoms with E-state index in [0.29, 0.717) is 25.9 Å². The average Bonchev–Trinajstić information content (AvgIpc) is 3.02. The van der Waals surface area contributed by atoms with E-state index in [9.17, 15) is 4.79 Å². The topological polar surface area (TPSA) is 55.6 Å². The number of carbonyl (C=O) groups is 1. The Hall–Kier alpha value is -2.33. The van der Waals surface area contributed by atoms with Crippen molar-refractivity contribution in [1.82, 2.24) is 4.90 Å². The number of hydrogen-bond acceptors (Lipinski definition) is 3. The summed E-state index contributed by atoms with van der Waals surface area (Å²) in [6.07, 6.45) is 1.17. The van der Waals surface area contributed by atoms with Crippen LogP contribution in [0.3, 0.4) is 0 Å². The number of ether oxygens (including phenoxy) is 1. The van der Waals surface area contributed by atoms with Gasteiger partial charge in [-0.1, -0.05) is 48.5 Å². The van der Waals surface area contributed by atoms with Gasteiger partial charge in [-0.3, -0.25) is 4.79 Å². The molecule has 4 nitrogen and oxygen atoms in total. The van der Waals surface area contributed by atoms with Gasteiger partial charge in [0.1, 0.15) is 5.75 Å². The molecule has 24 heavy (non-hydrogen) atoms. The molecule has 2 N–H and O–H groups in total. The van der Waals surface area contributed by atoms with Crippen LogP contribution in [-0.4, -0.2) is 37.0 Å². The highest BCUT2D eigenvalue weighted by Crippen LogP contribution is 2.27. The minimum Gasteiger partial charge on any atom is -0.496 e. The zero-order valence-corrected chi connectivity index (χ0v) is 14.0. The highest BCUT2D eigenvalue weighted by atomic mass is 16.5. The Kier molecular flexibility index (Phi) is 5.16. The number of aryl methyl sites for hydroxylation is 1. The highest BCUT2D eigenvalue weighted by Gasteiger charge is 2.33. The van der Waals surface area contributed by atoms with Crippen LogP contribution in [0.4, 0.5) is 0 Å². The molecule has 1 aliphatic heterocycles. The van der Waals surface area contributed by atoms with E-state index >= 15 is 0 Å². The highest BCUT2D eigenvalue weighted by molar-refractivity contribution is 5.77. The Morgan fingerprint density at radius 1 is 1.12 bits per heavy atom. The van der Waals surface area contributed by atoms with Gasteiger partial charge in [-0.15, -0.1) is 0 Å². The van der Waals surface area contributed by atoms with Crippen molar-refractivity contribution in [1.29, 1.82) is 0 Å². The first-order valence-corrected chi connectivity index (χ1v) is 8.39. The van der Waals surface area contributed by atoms with E-state index in [1.165, 1.54) is 5.56 Å². The Morgan fingerprint density at radius 3 is 2.58 bits per heavy atom. The summed E-state index contributed by atoms with van der Waals surface area (Å²) in [5.74, 6) is 1.22. The van der Waals surface area contributed by atoms with Crippen molar-refractivity contribution in [2.24, 2.45) is 5.73 Å². The van der Waals surface area contributed by atoms with Crippen LogP contribution in [0, 0.1) is 0 Å². The lowest BCUT2D eigenvalue weighted by Gasteiger charge is -2.17. The van der Waals surface area contributed by atoms with E-state index in [1.54, 1.807) is 7.11 Å². The van der Waals surface area contributed by atoms with E-state index in [0.717, 1.165) is 11.3 Å². The van der Waals surface area contributed by atoms with Crippen molar-refractivity contribution in [2.75, 3.05) is 20.2 Å². The Morgan fingerprint density at radius 2 is 1.83 bits per heavy atom. The molecular weight excluding hydrogens is 300 g/mol. The number of nitrogens with two attached hydrogens (primary N) is 1. The van der Waals surface area contributed by atoms with Crippen molar-refractivity contribution in [2.45, 2.75) is 24.8 Å². The van der Waals surface area contributed by atoms with Gasteiger partial charge in [-0.05, 0) is 23.6 Å². The predicted molar refractivity (Wildman–Crippen MR) is 95.1 cm³/mol. The molecule has 0 unspecified atom stereocenters. The Balaban J connectivity index is 1.60. The van der Waals surface area contributed by atoms with Crippen LogP contribution < -0.4 is 10.5 Å². The van der Waals surface area contributed by atoms with Gasteiger partial charge >= 0.3 is 0 Å². The number of para-hydroxylation sites is 1. The van der Waals surface area contributed by atoms with Crippen LogP contribution in [0.5, 0.6) is 5.75 Å². The second kappa shape index (κ2) is 7.49. The van der Waals surface area contributed by atoms with Gasteiger partial charge < -0.3 is 15.4 Å². The third-order valence-electron chi connectivity index (χ3n) is 4.75. The van der Waals surface area contributed by atoms with Gasteiger partial charge in [0, 0.05) is 31.5 Å². The number of rotatable bonds is 5. The van der Waals surface area contributed by atoms with Crippen molar-refractivity contribution in [3.8, 4) is 5.75 Å². The summed E-state index contributed by atoms with van der Waals surface area (Å²) >= 11 is 0. The summed E-state index contributed by atoms with van der Waals surface area (Å²) < 4.78 is 5.35. The number of nitrogens with zero attached hydrogens (tertiary/aromatic N) is 1. The molecular formula is C20H24N2O2. The maximum absolute atomic E-state index is 12.6. The van der Waals surface area contributed by atoms with Gasteiger partial charge in [-0.25, -0.2) is 0 Å². The van der Waals surface area contributed by atoms with Gasteiger partial charge in [0.2, 0.25) is 5.91 Å². The summed E-state index contributed by atoms with van der Waals surface area (Å²) in [6, 6.07) is 18.1. The molecule has 2 aromatic carbocycles. The predicted octanol–water partition coefficient (Wildman–Crippen LogP) is 2.58. The molecule has 1 heterocycles. The average molecular weight is 324 g/mol. The maximum atomic E-state index is 12.6. The van der Waals surface area contributed by atoms with Gasteiger partial charge in [0.05, 0.1) is 7.11 Å². The van der Waals surface area contributed by atoms with E-state index in [2.05, 4.69) is 12.1 Å². The molecule has 0 bridgehead atoms. The van der Waals surface area contributed by atoms with Crippen molar-refractivity contribution in [3.05, 3.63) is 65.7 Å². The van der Waals surface area contributed by atoms with Crippen LogP contribution in [-0.2, 0) is 11.2 Å². The van der Waals surface area contributed by atoms with Crippen molar-refractivity contribution >= 4 is 5.91 Å². The number of likely N-dealkylation sites (tertiary alicyclic amines) is 1. The fourth-order valence-corrected chi connectivity index (χ4v) is 3.39. The Labute approximate surface area is 143 Å². The largest absolute Gasteiger partial charge is 0.496 e. The monoisotopic (exact) mass is 324 g/mol. The minimum atomic E-state index is 0.00242. The molecule has 1 saturated heterocycles. The second-order valence-electron chi connectivity index (χ2n) is 6.29. The fraction of sp³-hybridized carbons (Fsp3) is 0.350. The molecule has 2 atom stereocenters. The molecule has 1 fully saturated rings. The summed E-state index contributed by atoms with van der Waals surface area (Å²) in [7, 11) is 1.66. The quantitative estimate of drug-likeness (QED) is 0.920. The molecule has 0 aliphatic carbocycles. The molecule has 1 aliphatic rings. The first-order chi connectivity index (χ1) is 11.7. The molecule has 0 spiro atoms. The number of carbonyl (C=O) groups excluding carboxylic acids is 1. The zero-order chi connectivity index (χ0) is 16.9. The molecule has 126 valence electrons. The number of methoxy groups -OCH3 is 1. The number of hydrogen-bond donors (Lipinski definition) is 1. The lowest BCUT2D eigenvalue weighted by molar-refractivity contribution is -0.130. The van der Waals surface area contributed by atoms with Crippen LogP contribution in [0.25, 0.3) is 0 Å². The molecule has 4 heteroatoms. The first kappa shape index (κ1) is 16.5. The molecule has 0 saturated carbocycles. The second-order valence-corrected chi connectivity index (χ2v) is 6.29. The lowest BCUT2D eigenvalue weighted by atomic mass is 9.95. The lowest BCUT2D eigenvalue weighted by Crippen LogP contribution is -2.32. The van der Waals surface area contributed by atoms with Crippen LogP contribution in [0.15, 0.2) is 54.6 Å². The molecule has 3 rings (SSSR count). The Bertz CT molecular complexity index is 687. The maximum Gasteiger partial charge on any atom is 0.222 e. The third kappa shape index (κ3) is 3.60. The smallest absolute Gasteiger partial charge is 0.222 e. The van der Waals surface area contributed by atoms with Crippen molar-refractivity contribution in [3.63, 3.8) is 0 Å². The van der Waals surface area contributed by atoms with Gasteiger partial charge in [0.25, 0.3) is 0 Å². The zero-order valence-electron chi connectivity index (χ0n) is 14.0. The normalized spacial score (nSPS) is 20.2. The van der Waals surface area contributed by atoms with E-state index in [-0.39, 0.29) is 17.9 Å². The van der Waals surface area contributed by atoms with E-state index < -0.39 is 0 Å². The minimum absolute atomic E-state index is 0.00242. The summed E-state index contributed by atoms with van der Waals surface area (Å²) in [6.45, 7) is 1.33. The fourth-order valence-electron chi connectivity index (χ4n) is 3.39. The molecule has 1 amide bonds. The van der Waals surface area contributed by atoms with Crippen molar-refractivity contribution < 1.29 is 9.53 Å². The van der Waals surface area contributed by atoms with Gasteiger partial charge in [-0.2, -0.15) is 0 Å². The van der Waals surface area contributed by atoms with E-state index in [1.807, 2.05) is 47.4 Å². The van der Waals surface area contributed by atoms with Crippen LogP contribution >= 0.6 is 0 Å². The summed E-state index contributed by atoms with van der Waals surface area (Å²) in [5.41, 5.74) is 8.56. The van der Waals surface area contributed by atoms with Gasteiger partial charge in [0.15, 0.2) is 0 Å². The van der Waals surface area contributed by atoms with Crippen LogP contribution in [0.1, 0.15) is 23.5 Å². The molecule has 0 aromatic heterocycles. The number of amides is 1.